The van der Waals surface area contributed by atoms with Crippen LogP contribution in [-0.2, 0) is 0 Å². The predicted octanol–water partition coefficient (Wildman–Crippen LogP) is 2.69. The van der Waals surface area contributed by atoms with E-state index in [2.05, 4.69) is 4.98 Å². The fourth-order valence-corrected chi connectivity index (χ4v) is 2.23. The van der Waals surface area contributed by atoms with Gasteiger partial charge in [0.05, 0.1) is 0 Å². The molecule has 0 fully saturated rings. The van der Waals surface area contributed by atoms with Crippen molar-refractivity contribution in [1.29, 1.82) is 0 Å². The molecule has 0 aliphatic rings. The van der Waals surface area contributed by atoms with Gasteiger partial charge in [0.1, 0.15) is 21.8 Å². The van der Waals surface area contributed by atoms with Crippen molar-refractivity contribution in [3.8, 4) is 0 Å². The third-order valence-electron chi connectivity index (χ3n) is 1.98. The highest BCUT2D eigenvalue weighted by Crippen LogP contribution is 2.21. The van der Waals surface area contributed by atoms with Crippen molar-refractivity contribution >= 4 is 27.3 Å². The Kier molecular flexibility index (Phi) is 1.24. The Morgan fingerprint density at radius 1 is 1.38 bits per heavy atom. The molecule has 0 aliphatic carbocycles. The Balaban J connectivity index is 2.59. The zero-order valence-electron chi connectivity index (χ0n) is 6.57. The van der Waals surface area contributed by atoms with Gasteiger partial charge in [-0.05, 0) is 17.5 Å². The van der Waals surface area contributed by atoms with Gasteiger partial charge in [0, 0.05) is 12.3 Å². The summed E-state index contributed by atoms with van der Waals surface area (Å²) >= 11 is 1.61. The van der Waals surface area contributed by atoms with E-state index in [0.29, 0.717) is 5.65 Å². The second kappa shape index (κ2) is 2.29. The average molecular weight is 192 g/mol. The first kappa shape index (κ1) is 7.03. The molecule has 0 amide bonds. The van der Waals surface area contributed by atoms with E-state index in [1.807, 2.05) is 15.8 Å². The van der Waals surface area contributed by atoms with Gasteiger partial charge >= 0.3 is 0 Å². The molecule has 0 saturated heterocycles. The molecule has 0 unspecified atom stereocenters. The van der Waals surface area contributed by atoms with Crippen molar-refractivity contribution in [2.45, 2.75) is 0 Å². The molecule has 0 atom stereocenters. The number of pyridine rings is 1. The van der Waals surface area contributed by atoms with Crippen LogP contribution in [0.15, 0.2) is 29.8 Å². The highest BCUT2D eigenvalue weighted by molar-refractivity contribution is 7.16. The zero-order chi connectivity index (χ0) is 8.84. The zero-order valence-corrected chi connectivity index (χ0v) is 7.38. The smallest absolute Gasteiger partial charge is 0.141 e. The third kappa shape index (κ3) is 0.890. The van der Waals surface area contributed by atoms with E-state index in [1.165, 1.54) is 12.1 Å². The number of thiophene rings is 1. The maximum Gasteiger partial charge on any atom is 0.141 e. The summed E-state index contributed by atoms with van der Waals surface area (Å²) in [6, 6.07) is 4.81. The summed E-state index contributed by atoms with van der Waals surface area (Å²) in [5.41, 5.74) is 1.59. The molecule has 0 spiro atoms. The van der Waals surface area contributed by atoms with Crippen molar-refractivity contribution in [1.82, 2.24) is 9.38 Å². The van der Waals surface area contributed by atoms with Gasteiger partial charge in [-0.3, -0.25) is 4.40 Å². The van der Waals surface area contributed by atoms with Crippen LogP contribution in [-0.4, -0.2) is 9.38 Å². The van der Waals surface area contributed by atoms with Crippen LogP contribution in [0.4, 0.5) is 4.39 Å². The fourth-order valence-electron chi connectivity index (χ4n) is 1.40. The van der Waals surface area contributed by atoms with Crippen LogP contribution in [0.5, 0.6) is 0 Å². The van der Waals surface area contributed by atoms with Crippen LogP contribution in [0.25, 0.3) is 16.0 Å². The predicted molar refractivity (Wildman–Crippen MR) is 50.5 cm³/mol. The van der Waals surface area contributed by atoms with E-state index in [4.69, 9.17) is 0 Å². The first-order valence-electron chi connectivity index (χ1n) is 3.85. The quantitative estimate of drug-likeness (QED) is 0.535. The minimum absolute atomic E-state index is 0.245. The van der Waals surface area contributed by atoms with Crippen LogP contribution < -0.4 is 0 Å². The largest absolute Gasteiger partial charge is 0.291 e. The van der Waals surface area contributed by atoms with E-state index in [1.54, 1.807) is 17.5 Å². The van der Waals surface area contributed by atoms with E-state index in [-0.39, 0.29) is 5.82 Å². The molecule has 0 aromatic carbocycles. The SMILES string of the molecule is Fc1ccn2c(c1)nc1ccsc12. The molecule has 3 aromatic heterocycles. The Morgan fingerprint density at radius 3 is 3.23 bits per heavy atom. The molecule has 13 heavy (non-hydrogen) atoms. The summed E-state index contributed by atoms with van der Waals surface area (Å²) in [5.74, 6) is -0.245. The molecule has 3 aromatic rings. The summed E-state index contributed by atoms with van der Waals surface area (Å²) < 4.78 is 14.7. The number of rotatable bonds is 0. The number of fused-ring (bicyclic) bond motifs is 3. The first-order chi connectivity index (χ1) is 6.34. The normalized spacial score (nSPS) is 11.5. The molecule has 0 saturated carbocycles. The van der Waals surface area contributed by atoms with Gasteiger partial charge in [0.15, 0.2) is 0 Å². The number of imidazole rings is 1. The number of nitrogens with zero attached hydrogens (tertiary/aromatic N) is 2. The molecule has 2 nitrogen and oxygen atoms in total. The lowest BCUT2D eigenvalue weighted by Gasteiger charge is -1.91. The first-order valence-corrected chi connectivity index (χ1v) is 4.73. The van der Waals surface area contributed by atoms with Crippen molar-refractivity contribution in [3.05, 3.63) is 35.6 Å². The van der Waals surface area contributed by atoms with Gasteiger partial charge in [0.2, 0.25) is 0 Å². The van der Waals surface area contributed by atoms with E-state index in [9.17, 15) is 4.39 Å². The summed E-state index contributed by atoms with van der Waals surface area (Å²) in [6.45, 7) is 0. The maximum absolute atomic E-state index is 12.8. The van der Waals surface area contributed by atoms with Crippen molar-refractivity contribution in [2.75, 3.05) is 0 Å². The molecule has 0 aliphatic heterocycles. The highest BCUT2D eigenvalue weighted by atomic mass is 32.1. The molecule has 4 heteroatoms. The lowest BCUT2D eigenvalue weighted by molar-refractivity contribution is 0.626. The van der Waals surface area contributed by atoms with E-state index in [0.717, 1.165) is 10.3 Å². The molecule has 3 heterocycles. The van der Waals surface area contributed by atoms with Crippen molar-refractivity contribution < 1.29 is 4.39 Å². The fraction of sp³-hybridized carbons (Fsp3) is 0. The van der Waals surface area contributed by atoms with Crippen LogP contribution in [0.2, 0.25) is 0 Å². The van der Waals surface area contributed by atoms with Gasteiger partial charge in [0.25, 0.3) is 0 Å². The van der Waals surface area contributed by atoms with Gasteiger partial charge < -0.3 is 0 Å². The standard InChI is InChI=1S/C9H5FN2S/c10-6-1-3-12-8(5-6)11-7-2-4-13-9(7)12/h1-5H. The summed E-state index contributed by atoms with van der Waals surface area (Å²) in [6.07, 6.45) is 1.70. The summed E-state index contributed by atoms with van der Waals surface area (Å²) in [4.78, 5) is 5.33. The monoisotopic (exact) mass is 192 g/mol. The second-order valence-electron chi connectivity index (χ2n) is 2.80. The van der Waals surface area contributed by atoms with Crippen LogP contribution >= 0.6 is 11.3 Å². The Hall–Kier alpha value is -1.42. The third-order valence-corrected chi connectivity index (χ3v) is 2.88. The average Bonchev–Trinajstić information content (AvgIpc) is 2.62. The Morgan fingerprint density at radius 2 is 2.31 bits per heavy atom. The molecule has 3 rings (SSSR count). The van der Waals surface area contributed by atoms with Gasteiger partial charge in [-0.2, -0.15) is 0 Å². The molecule has 0 radical (unpaired) electrons. The van der Waals surface area contributed by atoms with Gasteiger partial charge in [-0.15, -0.1) is 11.3 Å². The minimum atomic E-state index is -0.245. The summed E-state index contributed by atoms with van der Waals surface area (Å²) in [5, 5.41) is 1.98. The topological polar surface area (TPSA) is 17.3 Å². The number of hydrogen-bond acceptors (Lipinski definition) is 2. The van der Waals surface area contributed by atoms with Crippen molar-refractivity contribution in [3.63, 3.8) is 0 Å². The number of aromatic nitrogens is 2. The Bertz CT molecular complexity index is 581. The second-order valence-corrected chi connectivity index (χ2v) is 3.69. The van der Waals surface area contributed by atoms with E-state index < -0.39 is 0 Å². The minimum Gasteiger partial charge on any atom is -0.291 e. The van der Waals surface area contributed by atoms with Crippen molar-refractivity contribution in [2.24, 2.45) is 0 Å². The van der Waals surface area contributed by atoms with Crippen LogP contribution in [0.1, 0.15) is 0 Å². The number of halogens is 1. The molecule has 0 N–H and O–H groups in total. The molecule has 0 bridgehead atoms. The molecule has 64 valence electrons. The van der Waals surface area contributed by atoms with Crippen LogP contribution in [0.3, 0.4) is 0 Å². The Labute approximate surface area is 77.3 Å². The van der Waals surface area contributed by atoms with Crippen LogP contribution in [0, 0.1) is 5.82 Å². The molecular formula is C9H5FN2S. The summed E-state index contributed by atoms with van der Waals surface area (Å²) in [7, 11) is 0. The maximum atomic E-state index is 12.8. The van der Waals surface area contributed by atoms with Gasteiger partial charge in [-0.1, -0.05) is 0 Å². The molecular weight excluding hydrogens is 187 g/mol. The lowest BCUT2D eigenvalue weighted by atomic mass is 10.4. The lowest BCUT2D eigenvalue weighted by Crippen LogP contribution is -1.83. The van der Waals surface area contributed by atoms with Gasteiger partial charge in [-0.25, -0.2) is 9.37 Å². The highest BCUT2D eigenvalue weighted by Gasteiger charge is 2.04. The number of hydrogen-bond donors (Lipinski definition) is 0. The van der Waals surface area contributed by atoms with E-state index >= 15 is 0 Å².